The van der Waals surface area contributed by atoms with E-state index in [-0.39, 0.29) is 0 Å². The second-order valence-corrected chi connectivity index (χ2v) is 7.13. The van der Waals surface area contributed by atoms with Gasteiger partial charge >= 0.3 is 0 Å². The monoisotopic (exact) mass is 347 g/mol. The van der Waals surface area contributed by atoms with Crippen LogP contribution in [0, 0.1) is 13.8 Å². The molecule has 25 heavy (non-hydrogen) atoms. The molecule has 138 valence electrons. The van der Waals surface area contributed by atoms with E-state index in [0.717, 1.165) is 55.5 Å². The number of nitrogens with one attached hydrogen (secondary N) is 1. The highest BCUT2D eigenvalue weighted by molar-refractivity contribution is 5.22. The van der Waals surface area contributed by atoms with Gasteiger partial charge in [0.25, 0.3) is 0 Å². The Bertz CT molecular complexity index is 682. The number of hydrogen-bond donors (Lipinski definition) is 2. The van der Waals surface area contributed by atoms with E-state index in [9.17, 15) is 0 Å². The van der Waals surface area contributed by atoms with Crippen molar-refractivity contribution in [2.24, 2.45) is 5.73 Å². The van der Waals surface area contributed by atoms with Gasteiger partial charge in [-0.15, -0.1) is 10.2 Å². The molecule has 1 fully saturated rings. The van der Waals surface area contributed by atoms with E-state index in [1.54, 1.807) is 7.11 Å². The molecule has 1 aliphatic carbocycles. The number of aromatic amines is 1. The fourth-order valence-corrected chi connectivity index (χ4v) is 3.44. The van der Waals surface area contributed by atoms with Gasteiger partial charge < -0.3 is 15.0 Å². The molecule has 0 amide bonds. The van der Waals surface area contributed by atoms with Crippen LogP contribution in [-0.2, 0) is 24.4 Å². The molecule has 2 heterocycles. The molecule has 0 spiro atoms. The first-order valence-corrected chi connectivity index (χ1v) is 8.85. The first-order valence-electron chi connectivity index (χ1n) is 8.85. The Hall–Kier alpha value is -1.77. The molecule has 2 aromatic heterocycles. The molecule has 0 bridgehead atoms. The number of aryl methyl sites for hydroxylation is 2. The molecule has 8 heteroatoms. The van der Waals surface area contributed by atoms with Gasteiger partial charge in [-0.1, -0.05) is 0 Å². The van der Waals surface area contributed by atoms with Crippen molar-refractivity contribution in [2.45, 2.75) is 58.3 Å². The van der Waals surface area contributed by atoms with Crippen LogP contribution >= 0.6 is 0 Å². The van der Waals surface area contributed by atoms with E-state index in [1.807, 2.05) is 6.92 Å². The van der Waals surface area contributed by atoms with Gasteiger partial charge in [0.05, 0.1) is 18.8 Å². The Morgan fingerprint density at radius 3 is 2.64 bits per heavy atom. The summed E-state index contributed by atoms with van der Waals surface area (Å²) < 4.78 is 7.49. The minimum atomic E-state index is 0.302. The van der Waals surface area contributed by atoms with E-state index >= 15 is 0 Å². The van der Waals surface area contributed by atoms with Crippen molar-refractivity contribution in [1.82, 2.24) is 29.9 Å². The molecule has 8 nitrogen and oxygen atoms in total. The van der Waals surface area contributed by atoms with Crippen molar-refractivity contribution in [2.75, 3.05) is 20.8 Å². The molecule has 3 N–H and O–H groups in total. The molecule has 1 aliphatic rings. The molecule has 3 rings (SSSR count). The highest BCUT2D eigenvalue weighted by Gasteiger charge is 2.32. The van der Waals surface area contributed by atoms with E-state index in [4.69, 9.17) is 10.5 Å². The number of hydrogen-bond acceptors (Lipinski definition) is 6. The molecule has 0 unspecified atom stereocenters. The molecular weight excluding hydrogens is 318 g/mol. The summed E-state index contributed by atoms with van der Waals surface area (Å²) in [6.07, 6.45) is 1.99. The van der Waals surface area contributed by atoms with Gasteiger partial charge in [-0.3, -0.25) is 10.00 Å². The molecule has 2 aromatic rings. The van der Waals surface area contributed by atoms with Gasteiger partial charge in [0.2, 0.25) is 0 Å². The maximum Gasteiger partial charge on any atom is 0.147 e. The zero-order valence-electron chi connectivity index (χ0n) is 15.6. The predicted octanol–water partition coefficient (Wildman–Crippen LogP) is 1.10. The summed E-state index contributed by atoms with van der Waals surface area (Å²) in [5, 5.41) is 16.2. The fraction of sp³-hybridized carbons (Fsp3) is 0.706. The third kappa shape index (κ3) is 3.91. The quantitative estimate of drug-likeness (QED) is 0.742. The molecule has 0 radical (unpaired) electrons. The minimum Gasteiger partial charge on any atom is -0.383 e. The minimum absolute atomic E-state index is 0.302. The summed E-state index contributed by atoms with van der Waals surface area (Å²) in [5.41, 5.74) is 9.36. The number of methoxy groups -OCH3 is 1. The summed E-state index contributed by atoms with van der Waals surface area (Å²) in [4.78, 5) is 2.24. The average Bonchev–Trinajstić information content (AvgIpc) is 3.07. The van der Waals surface area contributed by atoms with Crippen molar-refractivity contribution >= 4 is 0 Å². The van der Waals surface area contributed by atoms with Crippen LogP contribution in [0.5, 0.6) is 0 Å². The van der Waals surface area contributed by atoms with E-state index in [0.29, 0.717) is 18.6 Å². The number of ether oxygens (including phenoxy) is 1. The van der Waals surface area contributed by atoms with Crippen LogP contribution in [-0.4, -0.2) is 56.7 Å². The highest BCUT2D eigenvalue weighted by Crippen LogP contribution is 2.35. The normalized spacial score (nSPS) is 20.2. The first kappa shape index (κ1) is 18.0. The van der Waals surface area contributed by atoms with Crippen LogP contribution in [0.4, 0.5) is 0 Å². The topological polar surface area (TPSA) is 97.9 Å². The van der Waals surface area contributed by atoms with Crippen LogP contribution in [0.1, 0.15) is 47.4 Å². The summed E-state index contributed by atoms with van der Waals surface area (Å²) in [7, 11) is 3.82. The summed E-state index contributed by atoms with van der Waals surface area (Å²) >= 11 is 0. The van der Waals surface area contributed by atoms with Gasteiger partial charge in [-0.25, -0.2) is 0 Å². The second-order valence-electron chi connectivity index (χ2n) is 7.13. The Labute approximate surface area is 148 Å². The van der Waals surface area contributed by atoms with Gasteiger partial charge in [0.15, 0.2) is 0 Å². The zero-order valence-corrected chi connectivity index (χ0v) is 15.6. The highest BCUT2D eigenvalue weighted by atomic mass is 16.5. The van der Waals surface area contributed by atoms with Crippen molar-refractivity contribution in [3.63, 3.8) is 0 Å². The van der Waals surface area contributed by atoms with Crippen LogP contribution in [0.3, 0.4) is 0 Å². The zero-order chi connectivity index (χ0) is 18.0. The van der Waals surface area contributed by atoms with Gasteiger partial charge in [-0.05, 0) is 33.7 Å². The summed E-state index contributed by atoms with van der Waals surface area (Å²) in [6.45, 7) is 7.08. The standard InChI is InChI=1S/C17H29N7O/c1-11-15(12(2)20-19-11)9-23(3)10-16-21-22-17(13-7-14(18)8-13)24(16)5-6-25-4/h13-14H,5-10,18H2,1-4H3,(H,19,20). The maximum atomic E-state index is 5.95. The summed E-state index contributed by atoms with van der Waals surface area (Å²) in [5.74, 6) is 2.46. The molecule has 0 saturated heterocycles. The lowest BCUT2D eigenvalue weighted by molar-refractivity contribution is 0.181. The number of rotatable bonds is 8. The smallest absolute Gasteiger partial charge is 0.147 e. The van der Waals surface area contributed by atoms with E-state index < -0.39 is 0 Å². The van der Waals surface area contributed by atoms with Crippen molar-refractivity contribution < 1.29 is 4.74 Å². The fourth-order valence-electron chi connectivity index (χ4n) is 3.44. The lowest BCUT2D eigenvalue weighted by Gasteiger charge is -2.32. The predicted molar refractivity (Wildman–Crippen MR) is 95.1 cm³/mol. The third-order valence-electron chi connectivity index (χ3n) is 5.03. The van der Waals surface area contributed by atoms with Crippen molar-refractivity contribution in [3.8, 4) is 0 Å². The molecule has 1 saturated carbocycles. The first-order chi connectivity index (χ1) is 12.0. The molecule has 0 atom stereocenters. The third-order valence-corrected chi connectivity index (χ3v) is 5.03. The number of aromatic nitrogens is 5. The lowest BCUT2D eigenvalue weighted by atomic mass is 9.80. The average molecular weight is 347 g/mol. The lowest BCUT2D eigenvalue weighted by Crippen LogP contribution is -2.36. The Balaban J connectivity index is 1.72. The van der Waals surface area contributed by atoms with Crippen LogP contribution in [0.15, 0.2) is 0 Å². The summed E-state index contributed by atoms with van der Waals surface area (Å²) in [6, 6.07) is 0.302. The Morgan fingerprint density at radius 2 is 2.04 bits per heavy atom. The van der Waals surface area contributed by atoms with Gasteiger partial charge in [0.1, 0.15) is 11.6 Å². The largest absolute Gasteiger partial charge is 0.383 e. The van der Waals surface area contributed by atoms with E-state index in [1.165, 1.54) is 5.56 Å². The molecular formula is C17H29N7O. The Morgan fingerprint density at radius 1 is 1.28 bits per heavy atom. The molecule has 0 aromatic carbocycles. The molecule has 0 aliphatic heterocycles. The Kier molecular flexibility index (Phi) is 5.51. The SMILES string of the molecule is COCCn1c(CN(C)Cc2c(C)n[nH]c2C)nnc1C1CC(N)C1. The van der Waals surface area contributed by atoms with Gasteiger partial charge in [0, 0.05) is 43.4 Å². The number of nitrogens with two attached hydrogens (primary N) is 1. The maximum absolute atomic E-state index is 5.95. The van der Waals surface area contributed by atoms with Crippen molar-refractivity contribution in [1.29, 1.82) is 0 Å². The van der Waals surface area contributed by atoms with E-state index in [2.05, 4.69) is 43.8 Å². The van der Waals surface area contributed by atoms with Crippen LogP contribution in [0.2, 0.25) is 0 Å². The number of nitrogens with zero attached hydrogens (tertiary/aromatic N) is 5. The van der Waals surface area contributed by atoms with Crippen molar-refractivity contribution in [3.05, 3.63) is 28.6 Å². The number of H-pyrrole nitrogens is 1. The van der Waals surface area contributed by atoms with Gasteiger partial charge in [-0.2, -0.15) is 5.10 Å². The van der Waals surface area contributed by atoms with Crippen LogP contribution in [0.25, 0.3) is 0 Å². The second kappa shape index (κ2) is 7.63. The van der Waals surface area contributed by atoms with Crippen LogP contribution < -0.4 is 5.73 Å².